The van der Waals surface area contributed by atoms with Crippen molar-refractivity contribution < 1.29 is 18.3 Å². The second-order valence-electron chi connectivity index (χ2n) is 2.80. The number of H-pyrrole nitrogens is 1. The van der Waals surface area contributed by atoms with Gasteiger partial charge in [0.15, 0.2) is 0 Å². The van der Waals surface area contributed by atoms with Gasteiger partial charge >= 0.3 is 6.61 Å². The van der Waals surface area contributed by atoms with Crippen molar-refractivity contribution in [1.29, 1.82) is 0 Å². The SMILES string of the molecule is COc1nc2ccc(OC(F)F)cc2[nH]1. The normalized spacial score (nSPS) is 10.9. The zero-order chi connectivity index (χ0) is 10.8. The minimum atomic E-state index is -2.83. The second kappa shape index (κ2) is 3.72. The Bertz CT molecular complexity index is 470. The number of nitrogens with zero attached hydrogens (tertiary/aromatic N) is 1. The van der Waals surface area contributed by atoms with Crippen molar-refractivity contribution in [3.8, 4) is 11.8 Å². The number of rotatable bonds is 3. The predicted molar refractivity (Wildman–Crippen MR) is 49.3 cm³/mol. The summed E-state index contributed by atoms with van der Waals surface area (Å²) in [6, 6.07) is 4.77. The zero-order valence-corrected chi connectivity index (χ0v) is 7.83. The lowest BCUT2D eigenvalue weighted by Crippen LogP contribution is -2.01. The number of aromatic nitrogens is 2. The third-order valence-electron chi connectivity index (χ3n) is 1.85. The summed E-state index contributed by atoms with van der Waals surface area (Å²) in [4.78, 5) is 6.83. The molecule has 15 heavy (non-hydrogen) atoms. The summed E-state index contributed by atoms with van der Waals surface area (Å²) < 4.78 is 32.9. The lowest BCUT2D eigenvalue weighted by atomic mass is 10.3. The van der Waals surface area contributed by atoms with Crippen LogP contribution in [0.5, 0.6) is 11.8 Å². The van der Waals surface area contributed by atoms with Crippen molar-refractivity contribution in [2.75, 3.05) is 7.11 Å². The van der Waals surface area contributed by atoms with Crippen molar-refractivity contribution in [3.05, 3.63) is 18.2 Å². The van der Waals surface area contributed by atoms with Crippen LogP contribution in [0.1, 0.15) is 0 Å². The molecule has 0 amide bonds. The van der Waals surface area contributed by atoms with Crippen LogP contribution in [-0.4, -0.2) is 23.7 Å². The standard InChI is InChI=1S/C9H8F2N2O2/c1-14-9-12-6-3-2-5(15-8(10)11)4-7(6)13-9/h2-4,8H,1H3,(H,12,13). The van der Waals surface area contributed by atoms with Crippen LogP contribution in [0.4, 0.5) is 8.78 Å². The van der Waals surface area contributed by atoms with Gasteiger partial charge in [-0.25, -0.2) is 0 Å². The third-order valence-corrected chi connectivity index (χ3v) is 1.85. The zero-order valence-electron chi connectivity index (χ0n) is 7.83. The lowest BCUT2D eigenvalue weighted by Gasteiger charge is -2.02. The number of halogens is 2. The van der Waals surface area contributed by atoms with E-state index < -0.39 is 6.61 Å². The van der Waals surface area contributed by atoms with Gasteiger partial charge in [-0.2, -0.15) is 13.8 Å². The molecule has 0 bridgehead atoms. The molecule has 1 aromatic heterocycles. The Kier molecular flexibility index (Phi) is 2.40. The minimum Gasteiger partial charge on any atom is -0.468 e. The molecule has 2 rings (SSSR count). The summed E-state index contributed by atoms with van der Waals surface area (Å²) >= 11 is 0. The number of hydrogen-bond acceptors (Lipinski definition) is 3. The van der Waals surface area contributed by atoms with Crippen molar-refractivity contribution in [3.63, 3.8) is 0 Å². The van der Waals surface area contributed by atoms with Gasteiger partial charge in [0.1, 0.15) is 5.75 Å². The van der Waals surface area contributed by atoms with Gasteiger partial charge in [-0.1, -0.05) is 0 Å². The molecule has 0 aliphatic heterocycles. The number of benzene rings is 1. The third kappa shape index (κ3) is 1.98. The minimum absolute atomic E-state index is 0.0869. The number of fused-ring (bicyclic) bond motifs is 1. The fraction of sp³-hybridized carbons (Fsp3) is 0.222. The Morgan fingerprint density at radius 1 is 1.40 bits per heavy atom. The van der Waals surface area contributed by atoms with E-state index in [2.05, 4.69) is 14.7 Å². The van der Waals surface area contributed by atoms with E-state index in [1.54, 1.807) is 6.07 Å². The maximum Gasteiger partial charge on any atom is 0.387 e. The maximum atomic E-state index is 11.9. The first-order valence-electron chi connectivity index (χ1n) is 4.17. The molecule has 0 atom stereocenters. The van der Waals surface area contributed by atoms with E-state index >= 15 is 0 Å². The molecule has 0 spiro atoms. The van der Waals surface area contributed by atoms with E-state index in [0.29, 0.717) is 17.0 Å². The number of imidazole rings is 1. The highest BCUT2D eigenvalue weighted by molar-refractivity contribution is 5.77. The van der Waals surface area contributed by atoms with Gasteiger partial charge in [-0.15, -0.1) is 0 Å². The average molecular weight is 214 g/mol. The number of methoxy groups -OCH3 is 1. The molecule has 0 aliphatic rings. The fourth-order valence-corrected chi connectivity index (χ4v) is 1.24. The van der Waals surface area contributed by atoms with Gasteiger partial charge in [-0.3, -0.25) is 0 Å². The summed E-state index contributed by atoms with van der Waals surface area (Å²) in [5, 5.41) is 0. The Balaban J connectivity index is 2.37. The fourth-order valence-electron chi connectivity index (χ4n) is 1.24. The van der Waals surface area contributed by atoms with Crippen LogP contribution in [0, 0.1) is 0 Å². The number of nitrogens with one attached hydrogen (secondary N) is 1. The van der Waals surface area contributed by atoms with E-state index in [1.165, 1.54) is 19.2 Å². The molecule has 0 aliphatic carbocycles. The molecule has 4 nitrogen and oxygen atoms in total. The number of aromatic amines is 1. The summed E-state index contributed by atoms with van der Waals surface area (Å²) in [6.07, 6.45) is 0. The first kappa shape index (κ1) is 9.70. The monoisotopic (exact) mass is 214 g/mol. The molecule has 1 aromatic carbocycles. The smallest absolute Gasteiger partial charge is 0.387 e. The summed E-state index contributed by atoms with van der Waals surface area (Å²) in [7, 11) is 1.47. The van der Waals surface area contributed by atoms with Gasteiger partial charge in [0.25, 0.3) is 6.01 Å². The van der Waals surface area contributed by atoms with Crippen molar-refractivity contribution in [2.45, 2.75) is 6.61 Å². The van der Waals surface area contributed by atoms with Crippen LogP contribution in [0.3, 0.4) is 0 Å². The van der Waals surface area contributed by atoms with Crippen molar-refractivity contribution >= 4 is 11.0 Å². The first-order chi connectivity index (χ1) is 7.19. The molecule has 0 unspecified atom stereocenters. The molecule has 80 valence electrons. The highest BCUT2D eigenvalue weighted by atomic mass is 19.3. The molecule has 2 aromatic rings. The molecular formula is C9H8F2N2O2. The highest BCUT2D eigenvalue weighted by Gasteiger charge is 2.07. The van der Waals surface area contributed by atoms with Crippen LogP contribution >= 0.6 is 0 Å². The molecule has 0 saturated heterocycles. The van der Waals surface area contributed by atoms with E-state index in [1.807, 2.05) is 0 Å². The predicted octanol–water partition coefficient (Wildman–Crippen LogP) is 2.17. The first-order valence-corrected chi connectivity index (χ1v) is 4.17. The van der Waals surface area contributed by atoms with Crippen LogP contribution in [-0.2, 0) is 0 Å². The van der Waals surface area contributed by atoms with E-state index in [9.17, 15) is 8.78 Å². The molecular weight excluding hydrogens is 206 g/mol. The van der Waals surface area contributed by atoms with E-state index in [0.717, 1.165) is 0 Å². The molecule has 0 fully saturated rings. The Morgan fingerprint density at radius 2 is 2.20 bits per heavy atom. The van der Waals surface area contributed by atoms with Crippen LogP contribution in [0.15, 0.2) is 18.2 Å². The van der Waals surface area contributed by atoms with Gasteiger partial charge in [0, 0.05) is 6.07 Å². The van der Waals surface area contributed by atoms with Crippen LogP contribution in [0.25, 0.3) is 11.0 Å². The van der Waals surface area contributed by atoms with Gasteiger partial charge in [0.2, 0.25) is 0 Å². The Morgan fingerprint density at radius 3 is 2.87 bits per heavy atom. The lowest BCUT2D eigenvalue weighted by molar-refractivity contribution is -0.0497. The molecule has 1 N–H and O–H groups in total. The average Bonchev–Trinajstić information content (AvgIpc) is 2.58. The number of ether oxygens (including phenoxy) is 2. The van der Waals surface area contributed by atoms with Gasteiger partial charge in [0.05, 0.1) is 18.1 Å². The number of hydrogen-bond donors (Lipinski definition) is 1. The van der Waals surface area contributed by atoms with Crippen molar-refractivity contribution in [1.82, 2.24) is 9.97 Å². The molecule has 6 heteroatoms. The molecule has 0 saturated carbocycles. The second-order valence-corrected chi connectivity index (χ2v) is 2.80. The van der Waals surface area contributed by atoms with Crippen LogP contribution < -0.4 is 9.47 Å². The Labute approximate surface area is 83.8 Å². The highest BCUT2D eigenvalue weighted by Crippen LogP contribution is 2.22. The topological polar surface area (TPSA) is 47.1 Å². The maximum absolute atomic E-state index is 11.9. The van der Waals surface area contributed by atoms with Crippen molar-refractivity contribution in [2.24, 2.45) is 0 Å². The summed E-state index contributed by atoms with van der Waals surface area (Å²) in [5.41, 5.74) is 1.22. The quantitative estimate of drug-likeness (QED) is 0.851. The van der Waals surface area contributed by atoms with Gasteiger partial charge in [-0.05, 0) is 12.1 Å². The van der Waals surface area contributed by atoms with Crippen LogP contribution in [0.2, 0.25) is 0 Å². The molecule has 0 radical (unpaired) electrons. The van der Waals surface area contributed by atoms with E-state index in [-0.39, 0.29) is 5.75 Å². The summed E-state index contributed by atoms with van der Waals surface area (Å²) in [5.74, 6) is 0.0869. The molecule has 1 heterocycles. The largest absolute Gasteiger partial charge is 0.468 e. The van der Waals surface area contributed by atoms with E-state index in [4.69, 9.17) is 4.74 Å². The Hall–Kier alpha value is -1.85. The van der Waals surface area contributed by atoms with Gasteiger partial charge < -0.3 is 14.5 Å². The number of alkyl halides is 2. The summed E-state index contributed by atoms with van der Waals surface area (Å²) in [6.45, 7) is -2.83.